The van der Waals surface area contributed by atoms with E-state index in [9.17, 15) is 20.2 Å². The van der Waals surface area contributed by atoms with Gasteiger partial charge in [-0.3, -0.25) is 10.1 Å². The molecule has 8 heteroatoms. The Morgan fingerprint density at radius 1 is 1.11 bits per heavy atom. The van der Waals surface area contributed by atoms with Crippen LogP contribution in [0.15, 0.2) is 30.3 Å². The third-order valence-electron chi connectivity index (χ3n) is 2.36. The van der Waals surface area contributed by atoms with Crippen molar-refractivity contribution in [2.75, 3.05) is 0 Å². The molecule has 18 heavy (non-hydrogen) atoms. The van der Waals surface area contributed by atoms with Gasteiger partial charge in [0.2, 0.25) is 0 Å². The maximum absolute atomic E-state index is 11.0. The third kappa shape index (κ3) is 1.79. The van der Waals surface area contributed by atoms with E-state index in [1.54, 1.807) is 30.3 Å². The molecule has 0 saturated heterocycles. The molecule has 1 aromatic carbocycles. The second-order valence-electron chi connectivity index (χ2n) is 3.52. The fourth-order valence-electron chi connectivity index (χ4n) is 1.63. The molecule has 0 aliphatic heterocycles. The fourth-order valence-corrected chi connectivity index (χ4v) is 1.63. The number of rotatable bonds is 3. The number of para-hydroxylation sites is 1. The first-order valence-electron chi connectivity index (χ1n) is 4.96. The Morgan fingerprint density at radius 3 is 2.22 bits per heavy atom. The molecule has 2 rings (SSSR count). The van der Waals surface area contributed by atoms with Gasteiger partial charge in [0.05, 0.1) is 4.92 Å². The summed E-state index contributed by atoms with van der Waals surface area (Å²) in [7, 11) is 0. The first-order chi connectivity index (χ1) is 8.52. The monoisotopic (exact) mass is 248 g/mol. The van der Waals surface area contributed by atoms with Crippen molar-refractivity contribution in [3.63, 3.8) is 0 Å². The zero-order chi connectivity index (χ0) is 13.3. The molecule has 8 nitrogen and oxygen atoms in total. The van der Waals surface area contributed by atoms with Crippen LogP contribution < -0.4 is 0 Å². The molecule has 0 amide bonds. The van der Waals surface area contributed by atoms with Crippen molar-refractivity contribution in [1.82, 2.24) is 9.78 Å². The van der Waals surface area contributed by atoms with E-state index in [4.69, 9.17) is 0 Å². The number of hydrogen-bond acceptors (Lipinski definition) is 5. The van der Waals surface area contributed by atoms with Crippen LogP contribution in [-0.4, -0.2) is 19.6 Å². The van der Waals surface area contributed by atoms with E-state index in [1.807, 2.05) is 0 Å². The van der Waals surface area contributed by atoms with Crippen LogP contribution in [0.4, 0.5) is 11.5 Å². The van der Waals surface area contributed by atoms with Crippen molar-refractivity contribution >= 4 is 11.5 Å². The van der Waals surface area contributed by atoms with E-state index in [1.165, 1.54) is 6.92 Å². The van der Waals surface area contributed by atoms with Gasteiger partial charge in [-0.1, -0.05) is 28.0 Å². The lowest BCUT2D eigenvalue weighted by Gasteiger charge is -1.97. The molecular formula is C10H8N4O4. The Balaban J connectivity index is 2.73. The maximum atomic E-state index is 11.0. The molecule has 2 aromatic rings. The largest absolute Gasteiger partial charge is 0.429 e. The Bertz CT molecular complexity index is 620. The van der Waals surface area contributed by atoms with Gasteiger partial charge in [0, 0.05) is 0 Å². The normalized spacial score (nSPS) is 10.3. The van der Waals surface area contributed by atoms with Gasteiger partial charge in [-0.2, -0.15) is 0 Å². The number of benzene rings is 1. The van der Waals surface area contributed by atoms with Crippen LogP contribution >= 0.6 is 0 Å². The average molecular weight is 248 g/mol. The van der Waals surface area contributed by atoms with Crippen molar-refractivity contribution in [3.05, 3.63) is 56.3 Å². The lowest BCUT2D eigenvalue weighted by molar-refractivity contribution is -0.426. The molecule has 0 atom stereocenters. The SMILES string of the molecule is Cc1nn(-c2ccccc2)c([N+](=O)[O-])c1[N+](=O)[O-]. The number of nitrogens with zero attached hydrogens (tertiary/aromatic N) is 4. The highest BCUT2D eigenvalue weighted by molar-refractivity contribution is 5.55. The van der Waals surface area contributed by atoms with Crippen LogP contribution in [0.3, 0.4) is 0 Å². The molecule has 0 spiro atoms. The van der Waals surface area contributed by atoms with Gasteiger partial charge in [0.15, 0.2) is 11.4 Å². The standard InChI is InChI=1S/C10H8N4O4/c1-7-9(13(15)16)10(14(17)18)12(11-7)8-5-3-2-4-6-8/h2-6H,1H3. The van der Waals surface area contributed by atoms with Crippen LogP contribution in [0.25, 0.3) is 5.69 Å². The molecule has 0 aliphatic carbocycles. The van der Waals surface area contributed by atoms with E-state index in [2.05, 4.69) is 5.10 Å². The summed E-state index contributed by atoms with van der Waals surface area (Å²) in [5, 5.41) is 25.7. The van der Waals surface area contributed by atoms with E-state index >= 15 is 0 Å². The van der Waals surface area contributed by atoms with Gasteiger partial charge in [0.1, 0.15) is 0 Å². The molecule has 0 N–H and O–H groups in total. The van der Waals surface area contributed by atoms with Gasteiger partial charge >= 0.3 is 11.5 Å². The summed E-state index contributed by atoms with van der Waals surface area (Å²) < 4.78 is 0.966. The predicted molar refractivity (Wildman–Crippen MR) is 61.6 cm³/mol. The minimum absolute atomic E-state index is 0.00977. The topological polar surface area (TPSA) is 104 Å². The van der Waals surface area contributed by atoms with Crippen molar-refractivity contribution in [2.45, 2.75) is 6.92 Å². The molecule has 0 bridgehead atoms. The number of aromatic nitrogens is 2. The van der Waals surface area contributed by atoms with Crippen molar-refractivity contribution in [3.8, 4) is 5.69 Å². The first kappa shape index (κ1) is 11.7. The number of hydrogen-bond donors (Lipinski definition) is 0. The van der Waals surface area contributed by atoms with Crippen LogP contribution in [0.5, 0.6) is 0 Å². The van der Waals surface area contributed by atoms with Crippen molar-refractivity contribution < 1.29 is 9.85 Å². The van der Waals surface area contributed by atoms with Gasteiger partial charge < -0.3 is 10.1 Å². The highest BCUT2D eigenvalue weighted by Crippen LogP contribution is 2.32. The first-order valence-corrected chi connectivity index (χ1v) is 4.96. The molecule has 0 radical (unpaired) electrons. The van der Waals surface area contributed by atoms with Crippen LogP contribution in [0, 0.1) is 27.2 Å². The highest BCUT2D eigenvalue weighted by Gasteiger charge is 2.35. The highest BCUT2D eigenvalue weighted by atomic mass is 16.6. The van der Waals surface area contributed by atoms with E-state index in [0.29, 0.717) is 5.69 Å². The third-order valence-corrected chi connectivity index (χ3v) is 2.36. The molecular weight excluding hydrogens is 240 g/mol. The Labute approximate surface area is 101 Å². The van der Waals surface area contributed by atoms with Gasteiger partial charge in [-0.05, 0) is 24.0 Å². The zero-order valence-electron chi connectivity index (χ0n) is 9.31. The smallest absolute Gasteiger partial charge is 0.358 e. The molecule has 0 saturated carbocycles. The summed E-state index contributed by atoms with van der Waals surface area (Å²) >= 11 is 0. The Hall–Kier alpha value is -2.77. The fraction of sp³-hybridized carbons (Fsp3) is 0.100. The lowest BCUT2D eigenvalue weighted by Crippen LogP contribution is -2.03. The van der Waals surface area contributed by atoms with Gasteiger partial charge in [-0.25, -0.2) is 0 Å². The average Bonchev–Trinajstić information content (AvgIpc) is 2.68. The Morgan fingerprint density at radius 2 is 1.72 bits per heavy atom. The van der Waals surface area contributed by atoms with Crippen LogP contribution in [-0.2, 0) is 0 Å². The van der Waals surface area contributed by atoms with E-state index < -0.39 is 21.4 Å². The minimum atomic E-state index is -0.800. The molecule has 0 fully saturated rings. The summed E-state index contributed by atoms with van der Waals surface area (Å²) in [4.78, 5) is 20.2. The summed E-state index contributed by atoms with van der Waals surface area (Å²) in [6.07, 6.45) is 0. The number of nitro groups is 2. The van der Waals surface area contributed by atoms with Crippen LogP contribution in [0.2, 0.25) is 0 Å². The van der Waals surface area contributed by atoms with E-state index in [-0.39, 0.29) is 5.69 Å². The van der Waals surface area contributed by atoms with E-state index in [0.717, 1.165) is 4.68 Å². The zero-order valence-corrected chi connectivity index (χ0v) is 9.31. The quantitative estimate of drug-likeness (QED) is 0.610. The van der Waals surface area contributed by atoms with Crippen molar-refractivity contribution in [2.24, 2.45) is 0 Å². The summed E-state index contributed by atoms with van der Waals surface area (Å²) in [5.74, 6) is -0.635. The molecule has 1 heterocycles. The Kier molecular flexibility index (Phi) is 2.76. The van der Waals surface area contributed by atoms with Crippen molar-refractivity contribution in [1.29, 1.82) is 0 Å². The maximum Gasteiger partial charge on any atom is 0.429 e. The summed E-state index contributed by atoms with van der Waals surface area (Å²) in [6, 6.07) is 8.25. The second kappa shape index (κ2) is 4.24. The number of aryl methyl sites for hydroxylation is 1. The lowest BCUT2D eigenvalue weighted by atomic mass is 10.3. The molecule has 0 aliphatic rings. The second-order valence-corrected chi connectivity index (χ2v) is 3.52. The summed E-state index contributed by atoms with van der Waals surface area (Å²) in [6.45, 7) is 1.37. The molecule has 0 unspecified atom stereocenters. The predicted octanol–water partition coefficient (Wildman–Crippen LogP) is 2.00. The minimum Gasteiger partial charge on any atom is -0.358 e. The summed E-state index contributed by atoms with van der Waals surface area (Å²) in [5.41, 5.74) is -0.167. The van der Waals surface area contributed by atoms with Gasteiger partial charge in [0.25, 0.3) is 0 Å². The van der Waals surface area contributed by atoms with Gasteiger partial charge in [-0.15, -0.1) is 0 Å². The molecule has 92 valence electrons. The van der Waals surface area contributed by atoms with Crippen LogP contribution in [0.1, 0.15) is 5.69 Å². The molecule has 1 aromatic heterocycles.